The zero-order valence-electron chi connectivity index (χ0n) is 16.2. The highest BCUT2D eigenvalue weighted by molar-refractivity contribution is 6.07. The monoisotopic (exact) mass is 375 g/mol. The molecule has 3 heterocycles. The van der Waals surface area contributed by atoms with Gasteiger partial charge in [0.25, 0.3) is 0 Å². The highest BCUT2D eigenvalue weighted by Crippen LogP contribution is 2.40. The molecule has 1 aromatic heterocycles. The van der Waals surface area contributed by atoms with Crippen molar-refractivity contribution in [1.29, 1.82) is 0 Å². The standard InChI is InChI=1S/C23H25N3O2/c1-25-15-23(14-22(25)28)8-10-26(11-9-23)21(27)13-16-6-7-20-18(12-16)17-4-2-3-5-19(17)24-20/h2-7,12,24H,8-11,13-15H2,1H3. The first kappa shape index (κ1) is 17.3. The molecule has 5 heteroatoms. The lowest BCUT2D eigenvalue weighted by Crippen LogP contribution is -2.44. The van der Waals surface area contributed by atoms with E-state index in [4.69, 9.17) is 0 Å². The van der Waals surface area contributed by atoms with Crippen LogP contribution in [0.2, 0.25) is 0 Å². The van der Waals surface area contributed by atoms with E-state index in [0.29, 0.717) is 12.8 Å². The highest BCUT2D eigenvalue weighted by atomic mass is 16.2. The number of rotatable bonds is 2. The fourth-order valence-electron chi connectivity index (χ4n) is 4.96. The number of piperidine rings is 1. The summed E-state index contributed by atoms with van der Waals surface area (Å²) in [5.74, 6) is 0.429. The lowest BCUT2D eigenvalue weighted by molar-refractivity contribution is -0.132. The van der Waals surface area contributed by atoms with Crippen LogP contribution in [0.3, 0.4) is 0 Å². The van der Waals surface area contributed by atoms with Crippen LogP contribution < -0.4 is 0 Å². The van der Waals surface area contributed by atoms with Crippen LogP contribution >= 0.6 is 0 Å². The maximum absolute atomic E-state index is 12.9. The molecule has 1 N–H and O–H groups in total. The van der Waals surface area contributed by atoms with Crippen LogP contribution in [0.15, 0.2) is 42.5 Å². The van der Waals surface area contributed by atoms with Crippen LogP contribution in [0.4, 0.5) is 0 Å². The number of fused-ring (bicyclic) bond motifs is 3. The van der Waals surface area contributed by atoms with Crippen molar-refractivity contribution in [3.05, 3.63) is 48.0 Å². The minimum Gasteiger partial charge on any atom is -0.355 e. The summed E-state index contributed by atoms with van der Waals surface area (Å²) in [6.07, 6.45) is 2.93. The summed E-state index contributed by atoms with van der Waals surface area (Å²) in [7, 11) is 1.88. The second-order valence-electron chi connectivity index (χ2n) is 8.53. The first-order valence-electron chi connectivity index (χ1n) is 10.0. The number of aromatic nitrogens is 1. The molecule has 1 spiro atoms. The molecule has 5 nitrogen and oxygen atoms in total. The molecule has 5 rings (SSSR count). The third kappa shape index (κ3) is 2.86. The van der Waals surface area contributed by atoms with E-state index < -0.39 is 0 Å². The number of benzene rings is 2. The lowest BCUT2D eigenvalue weighted by Gasteiger charge is -2.38. The molecule has 2 aromatic carbocycles. The molecule has 28 heavy (non-hydrogen) atoms. The number of carbonyl (C=O) groups excluding carboxylic acids is 2. The number of H-pyrrole nitrogens is 1. The third-order valence-corrected chi connectivity index (χ3v) is 6.63. The predicted molar refractivity (Wildman–Crippen MR) is 110 cm³/mol. The van der Waals surface area contributed by atoms with Gasteiger partial charge in [0.1, 0.15) is 0 Å². The van der Waals surface area contributed by atoms with Crippen molar-refractivity contribution in [2.45, 2.75) is 25.7 Å². The zero-order chi connectivity index (χ0) is 19.3. The zero-order valence-corrected chi connectivity index (χ0v) is 16.2. The molecule has 2 amide bonds. The Morgan fingerprint density at radius 3 is 2.57 bits per heavy atom. The lowest BCUT2D eigenvalue weighted by atomic mass is 9.77. The van der Waals surface area contributed by atoms with Gasteiger partial charge in [-0.2, -0.15) is 0 Å². The van der Waals surface area contributed by atoms with Gasteiger partial charge in [0.2, 0.25) is 11.8 Å². The number of nitrogens with zero attached hydrogens (tertiary/aromatic N) is 2. The van der Waals surface area contributed by atoms with Crippen molar-refractivity contribution in [1.82, 2.24) is 14.8 Å². The summed E-state index contributed by atoms with van der Waals surface area (Å²) in [5.41, 5.74) is 3.37. The fourth-order valence-corrected chi connectivity index (χ4v) is 4.96. The summed E-state index contributed by atoms with van der Waals surface area (Å²) >= 11 is 0. The molecule has 0 atom stereocenters. The van der Waals surface area contributed by atoms with Crippen LogP contribution in [0.5, 0.6) is 0 Å². The maximum atomic E-state index is 12.9. The molecular weight excluding hydrogens is 350 g/mol. The summed E-state index contributed by atoms with van der Waals surface area (Å²) in [4.78, 5) is 32.1. The topological polar surface area (TPSA) is 56.4 Å². The van der Waals surface area contributed by atoms with E-state index in [0.717, 1.165) is 49.1 Å². The molecule has 3 aromatic rings. The van der Waals surface area contributed by atoms with E-state index >= 15 is 0 Å². The number of carbonyl (C=O) groups is 2. The average molecular weight is 375 g/mol. The minimum absolute atomic E-state index is 0.0889. The minimum atomic E-state index is 0.0889. The molecule has 2 aliphatic heterocycles. The Morgan fingerprint density at radius 2 is 1.82 bits per heavy atom. The van der Waals surface area contributed by atoms with Crippen molar-refractivity contribution in [2.75, 3.05) is 26.7 Å². The number of aromatic amines is 1. The second-order valence-corrected chi connectivity index (χ2v) is 8.53. The fraction of sp³-hybridized carbons (Fsp3) is 0.391. The number of para-hydroxylation sites is 1. The molecule has 2 aliphatic rings. The second kappa shape index (κ2) is 6.36. The molecule has 144 valence electrons. The van der Waals surface area contributed by atoms with Crippen LogP contribution in [0.1, 0.15) is 24.8 Å². The van der Waals surface area contributed by atoms with Crippen molar-refractivity contribution in [3.63, 3.8) is 0 Å². The van der Waals surface area contributed by atoms with Gasteiger partial charge in [0.05, 0.1) is 6.42 Å². The third-order valence-electron chi connectivity index (χ3n) is 6.63. The van der Waals surface area contributed by atoms with Gasteiger partial charge in [-0.15, -0.1) is 0 Å². The van der Waals surface area contributed by atoms with Gasteiger partial charge in [0, 0.05) is 60.3 Å². The van der Waals surface area contributed by atoms with Crippen molar-refractivity contribution >= 4 is 33.6 Å². The maximum Gasteiger partial charge on any atom is 0.226 e. The van der Waals surface area contributed by atoms with E-state index in [1.165, 1.54) is 10.8 Å². The Morgan fingerprint density at radius 1 is 1.07 bits per heavy atom. The van der Waals surface area contributed by atoms with Crippen LogP contribution in [-0.4, -0.2) is 53.3 Å². The van der Waals surface area contributed by atoms with Crippen molar-refractivity contribution in [2.24, 2.45) is 5.41 Å². The van der Waals surface area contributed by atoms with E-state index in [2.05, 4.69) is 29.2 Å². The molecule has 0 unspecified atom stereocenters. The first-order chi connectivity index (χ1) is 13.5. The number of hydrogen-bond acceptors (Lipinski definition) is 2. The molecule has 0 bridgehead atoms. The normalized spacial score (nSPS) is 19.2. The predicted octanol–water partition coefficient (Wildman–Crippen LogP) is 3.33. The molecule has 2 saturated heterocycles. The Bertz CT molecular complexity index is 1080. The number of amides is 2. The van der Waals surface area contributed by atoms with E-state index in [-0.39, 0.29) is 17.2 Å². The SMILES string of the molecule is CN1CC2(CCN(C(=O)Cc3ccc4[nH]c5ccccc5c4c3)CC2)CC1=O. The smallest absolute Gasteiger partial charge is 0.226 e. The van der Waals surface area contributed by atoms with Gasteiger partial charge in [0.15, 0.2) is 0 Å². The molecule has 0 radical (unpaired) electrons. The van der Waals surface area contributed by atoms with Gasteiger partial charge in [-0.1, -0.05) is 24.3 Å². The van der Waals surface area contributed by atoms with Gasteiger partial charge in [-0.3, -0.25) is 9.59 Å². The van der Waals surface area contributed by atoms with E-state index in [9.17, 15) is 9.59 Å². The Labute approximate surface area is 164 Å². The summed E-state index contributed by atoms with van der Waals surface area (Å²) < 4.78 is 0. The van der Waals surface area contributed by atoms with Crippen molar-refractivity contribution in [3.8, 4) is 0 Å². The van der Waals surface area contributed by atoms with Crippen LogP contribution in [0, 0.1) is 5.41 Å². The van der Waals surface area contributed by atoms with E-state index in [1.54, 1.807) is 0 Å². The number of nitrogens with one attached hydrogen (secondary N) is 1. The number of likely N-dealkylation sites (tertiary alicyclic amines) is 2. The van der Waals surface area contributed by atoms with E-state index in [1.807, 2.05) is 35.0 Å². The van der Waals surface area contributed by atoms with Gasteiger partial charge in [-0.25, -0.2) is 0 Å². The Hall–Kier alpha value is -2.82. The highest BCUT2D eigenvalue weighted by Gasteiger charge is 2.44. The molecule has 0 aliphatic carbocycles. The summed E-state index contributed by atoms with van der Waals surface area (Å²) in [6, 6.07) is 14.5. The molecule has 2 fully saturated rings. The van der Waals surface area contributed by atoms with Gasteiger partial charge in [-0.05, 0) is 36.6 Å². The van der Waals surface area contributed by atoms with Gasteiger partial charge >= 0.3 is 0 Å². The average Bonchev–Trinajstić information content (AvgIpc) is 3.19. The largest absolute Gasteiger partial charge is 0.355 e. The van der Waals surface area contributed by atoms with Gasteiger partial charge < -0.3 is 14.8 Å². The quantitative estimate of drug-likeness (QED) is 0.747. The van der Waals surface area contributed by atoms with Crippen molar-refractivity contribution < 1.29 is 9.59 Å². The number of hydrogen-bond donors (Lipinski definition) is 1. The van der Waals surface area contributed by atoms with Crippen LogP contribution in [0.25, 0.3) is 21.8 Å². The Kier molecular flexibility index (Phi) is 3.93. The summed E-state index contributed by atoms with van der Waals surface area (Å²) in [5, 5.41) is 2.37. The Balaban J connectivity index is 1.29. The van der Waals surface area contributed by atoms with Crippen LogP contribution in [-0.2, 0) is 16.0 Å². The first-order valence-corrected chi connectivity index (χ1v) is 10.0. The summed E-state index contributed by atoms with van der Waals surface area (Å²) in [6.45, 7) is 2.36. The molecular formula is C23H25N3O2. The molecule has 0 saturated carbocycles.